The first-order valence-corrected chi connectivity index (χ1v) is 8.41. The van der Waals surface area contributed by atoms with Gasteiger partial charge in [-0.2, -0.15) is 5.26 Å². The molecule has 0 fully saturated rings. The minimum Gasteiger partial charge on any atom is -0.337 e. The normalized spacial score (nSPS) is 13.4. The van der Waals surface area contributed by atoms with Gasteiger partial charge in [0, 0.05) is 14.6 Å². The molecule has 0 amide bonds. The molecule has 1 aromatic carbocycles. The third kappa shape index (κ3) is 2.97. The molecular formula is C16H13Br2N3. The van der Waals surface area contributed by atoms with Crippen molar-refractivity contribution >= 4 is 43.4 Å². The van der Waals surface area contributed by atoms with Crippen LogP contribution in [0.2, 0.25) is 0 Å². The van der Waals surface area contributed by atoms with Gasteiger partial charge in [0.15, 0.2) is 0 Å². The Bertz CT molecular complexity index is 715. The third-order valence-corrected chi connectivity index (χ3v) is 4.95. The lowest BCUT2D eigenvalue weighted by Crippen LogP contribution is -2.09. The second-order valence-corrected chi connectivity index (χ2v) is 6.74. The number of aryl methyl sites for hydroxylation is 2. The molecule has 1 N–H and O–H groups in total. The number of benzene rings is 1. The van der Waals surface area contributed by atoms with Crippen molar-refractivity contribution in [3.63, 3.8) is 0 Å². The average molecular weight is 407 g/mol. The quantitative estimate of drug-likeness (QED) is 0.754. The number of pyridine rings is 1. The van der Waals surface area contributed by atoms with Crippen LogP contribution < -0.4 is 5.32 Å². The van der Waals surface area contributed by atoms with E-state index in [1.807, 2.05) is 24.3 Å². The summed E-state index contributed by atoms with van der Waals surface area (Å²) < 4.78 is 1.86. The fourth-order valence-electron chi connectivity index (χ4n) is 2.55. The topological polar surface area (TPSA) is 48.7 Å². The van der Waals surface area contributed by atoms with Gasteiger partial charge in [0.2, 0.25) is 0 Å². The summed E-state index contributed by atoms with van der Waals surface area (Å²) in [5.41, 5.74) is 3.82. The zero-order chi connectivity index (χ0) is 14.8. The van der Waals surface area contributed by atoms with E-state index in [1.54, 1.807) is 0 Å². The number of halogens is 2. The molecule has 1 aliphatic carbocycles. The van der Waals surface area contributed by atoms with Crippen LogP contribution in [0, 0.1) is 11.3 Å². The summed E-state index contributed by atoms with van der Waals surface area (Å²) in [4.78, 5) is 4.69. The number of nitrogens with one attached hydrogen (secondary N) is 1. The summed E-state index contributed by atoms with van der Waals surface area (Å²) in [6.45, 7) is 0. The summed E-state index contributed by atoms with van der Waals surface area (Å²) in [6, 6.07) is 10.1. The van der Waals surface area contributed by atoms with Crippen LogP contribution >= 0.6 is 31.9 Å². The zero-order valence-corrected chi connectivity index (χ0v) is 14.5. The number of hydrogen-bond acceptors (Lipinski definition) is 3. The van der Waals surface area contributed by atoms with Gasteiger partial charge in [-0.15, -0.1) is 0 Å². The fourth-order valence-corrected chi connectivity index (χ4v) is 3.75. The molecule has 0 saturated heterocycles. The van der Waals surface area contributed by atoms with Crippen LogP contribution in [0.15, 0.2) is 33.2 Å². The maximum absolute atomic E-state index is 9.38. The Morgan fingerprint density at radius 1 is 1.14 bits per heavy atom. The van der Waals surface area contributed by atoms with Crippen molar-refractivity contribution < 1.29 is 0 Å². The van der Waals surface area contributed by atoms with Crippen LogP contribution in [-0.2, 0) is 12.8 Å². The lowest BCUT2D eigenvalue weighted by atomic mass is 9.95. The van der Waals surface area contributed by atoms with E-state index in [4.69, 9.17) is 0 Å². The highest BCUT2D eigenvalue weighted by Crippen LogP contribution is 2.34. The van der Waals surface area contributed by atoms with E-state index >= 15 is 0 Å². The molecule has 1 aliphatic rings. The highest BCUT2D eigenvalue weighted by atomic mass is 79.9. The molecule has 0 radical (unpaired) electrons. The number of rotatable bonds is 2. The Morgan fingerprint density at radius 3 is 2.57 bits per heavy atom. The number of nitriles is 1. The smallest absolute Gasteiger partial charge is 0.148 e. The predicted octanol–water partition coefficient (Wildman–Crippen LogP) is 5.10. The lowest BCUT2D eigenvalue weighted by molar-refractivity contribution is 0.668. The molecule has 5 heteroatoms. The molecule has 0 atom stereocenters. The minimum absolute atomic E-state index is 0.596. The first kappa shape index (κ1) is 14.6. The Balaban J connectivity index is 2.04. The van der Waals surface area contributed by atoms with Crippen molar-refractivity contribution in [3.05, 3.63) is 50.0 Å². The van der Waals surface area contributed by atoms with Crippen LogP contribution in [0.5, 0.6) is 0 Å². The van der Waals surface area contributed by atoms with Crippen LogP contribution in [0.3, 0.4) is 0 Å². The summed E-state index contributed by atoms with van der Waals surface area (Å²) >= 11 is 7.05. The summed E-state index contributed by atoms with van der Waals surface area (Å²) in [6.07, 6.45) is 4.37. The molecule has 106 valence electrons. The molecule has 0 aliphatic heterocycles. The Hall–Kier alpha value is -1.38. The molecule has 3 nitrogen and oxygen atoms in total. The maximum Gasteiger partial charge on any atom is 0.148 e. The number of fused-ring (bicyclic) bond motifs is 1. The van der Waals surface area contributed by atoms with Crippen molar-refractivity contribution in [2.45, 2.75) is 25.7 Å². The van der Waals surface area contributed by atoms with Crippen molar-refractivity contribution in [3.8, 4) is 6.07 Å². The van der Waals surface area contributed by atoms with Gasteiger partial charge in [0.1, 0.15) is 11.9 Å². The largest absolute Gasteiger partial charge is 0.337 e. The highest BCUT2D eigenvalue weighted by molar-refractivity contribution is 9.11. The Kier molecular flexibility index (Phi) is 4.27. The van der Waals surface area contributed by atoms with Gasteiger partial charge < -0.3 is 5.32 Å². The van der Waals surface area contributed by atoms with E-state index in [0.717, 1.165) is 33.2 Å². The van der Waals surface area contributed by atoms with Gasteiger partial charge in [-0.05, 0) is 81.3 Å². The fraction of sp³-hybridized carbons (Fsp3) is 0.250. The molecule has 0 saturated carbocycles. The number of nitrogens with zero attached hydrogens (tertiary/aromatic N) is 2. The minimum atomic E-state index is 0.596. The summed E-state index contributed by atoms with van der Waals surface area (Å²) in [5.74, 6) is 0.630. The van der Waals surface area contributed by atoms with Crippen LogP contribution in [0.1, 0.15) is 29.7 Å². The standard InChI is InChI=1S/C16H13Br2N3/c17-12-5-3-6-13(18)15(12)21-16-11(9-19)8-10-4-1-2-7-14(10)20-16/h3,5-6,8H,1-2,4,7H2,(H,20,21). The van der Waals surface area contributed by atoms with Gasteiger partial charge in [-0.3, -0.25) is 0 Å². The monoisotopic (exact) mass is 405 g/mol. The number of anilines is 2. The SMILES string of the molecule is N#Cc1cc2c(nc1Nc1c(Br)cccc1Br)CCCC2. The molecule has 1 aromatic heterocycles. The maximum atomic E-state index is 9.38. The van der Waals surface area contributed by atoms with E-state index in [9.17, 15) is 5.26 Å². The second-order valence-electron chi connectivity index (χ2n) is 5.03. The molecule has 0 spiro atoms. The van der Waals surface area contributed by atoms with Crippen LogP contribution in [0.4, 0.5) is 11.5 Å². The second kappa shape index (κ2) is 6.17. The summed E-state index contributed by atoms with van der Waals surface area (Å²) in [5, 5.41) is 12.7. The number of hydrogen-bond donors (Lipinski definition) is 1. The molecule has 0 bridgehead atoms. The Morgan fingerprint density at radius 2 is 1.86 bits per heavy atom. The Labute approximate surface area is 140 Å². The van der Waals surface area contributed by atoms with E-state index in [0.29, 0.717) is 11.4 Å². The average Bonchev–Trinajstić information content (AvgIpc) is 2.50. The zero-order valence-electron chi connectivity index (χ0n) is 11.3. The lowest BCUT2D eigenvalue weighted by Gasteiger charge is -2.18. The van der Waals surface area contributed by atoms with Gasteiger partial charge in [-0.25, -0.2) is 4.98 Å². The third-order valence-electron chi connectivity index (χ3n) is 3.63. The van der Waals surface area contributed by atoms with Crippen LogP contribution in [0.25, 0.3) is 0 Å². The molecule has 21 heavy (non-hydrogen) atoms. The molecule has 1 heterocycles. The van der Waals surface area contributed by atoms with Crippen molar-refractivity contribution in [1.82, 2.24) is 4.98 Å². The van der Waals surface area contributed by atoms with Gasteiger partial charge >= 0.3 is 0 Å². The summed E-state index contributed by atoms with van der Waals surface area (Å²) in [7, 11) is 0. The van der Waals surface area contributed by atoms with Gasteiger partial charge in [0.05, 0.1) is 11.3 Å². The van der Waals surface area contributed by atoms with Gasteiger partial charge in [0.25, 0.3) is 0 Å². The molecule has 2 aromatic rings. The molecule has 3 rings (SSSR count). The molecule has 0 unspecified atom stereocenters. The van der Waals surface area contributed by atoms with Gasteiger partial charge in [-0.1, -0.05) is 6.07 Å². The van der Waals surface area contributed by atoms with Crippen molar-refractivity contribution in [2.24, 2.45) is 0 Å². The predicted molar refractivity (Wildman–Crippen MR) is 90.7 cm³/mol. The van der Waals surface area contributed by atoms with Crippen LogP contribution in [-0.4, -0.2) is 4.98 Å². The first-order valence-electron chi connectivity index (χ1n) is 6.83. The van der Waals surface area contributed by atoms with Crippen molar-refractivity contribution in [1.29, 1.82) is 5.26 Å². The highest BCUT2D eigenvalue weighted by Gasteiger charge is 2.16. The number of aromatic nitrogens is 1. The first-order chi connectivity index (χ1) is 10.2. The number of para-hydroxylation sites is 1. The van der Waals surface area contributed by atoms with E-state index in [2.05, 4.69) is 48.2 Å². The molecular weight excluding hydrogens is 394 g/mol. The van der Waals surface area contributed by atoms with Crippen molar-refractivity contribution in [2.75, 3.05) is 5.32 Å². The van der Waals surface area contributed by atoms with E-state index in [-0.39, 0.29) is 0 Å². The van der Waals surface area contributed by atoms with E-state index in [1.165, 1.54) is 18.4 Å². The van der Waals surface area contributed by atoms with E-state index < -0.39 is 0 Å².